The van der Waals surface area contributed by atoms with Crippen molar-refractivity contribution in [2.24, 2.45) is 0 Å². The topological polar surface area (TPSA) is 63.4 Å². The third-order valence-electron chi connectivity index (χ3n) is 3.35. The molecule has 1 aliphatic heterocycles. The van der Waals surface area contributed by atoms with Crippen LogP contribution >= 0.6 is 0 Å². The number of rotatable bonds is 1. The van der Waals surface area contributed by atoms with Crippen LogP contribution in [0.15, 0.2) is 52.3 Å². The lowest BCUT2D eigenvalue weighted by atomic mass is 10.1. The predicted octanol–water partition coefficient (Wildman–Crippen LogP) is 2.42. The summed E-state index contributed by atoms with van der Waals surface area (Å²) >= 11 is 0. The van der Waals surface area contributed by atoms with Gasteiger partial charge >= 0.3 is 0 Å². The van der Waals surface area contributed by atoms with Crippen molar-refractivity contribution in [3.05, 3.63) is 48.0 Å². The van der Waals surface area contributed by atoms with E-state index in [9.17, 15) is 9.00 Å². The van der Waals surface area contributed by atoms with Crippen molar-refractivity contribution in [2.75, 3.05) is 17.2 Å². The van der Waals surface area contributed by atoms with E-state index in [1.807, 2.05) is 6.92 Å². The molecule has 0 spiro atoms. The maximum Gasteiger partial charge on any atom is 0.259 e. The molecule has 2 aromatic rings. The van der Waals surface area contributed by atoms with Gasteiger partial charge in [-0.15, -0.1) is 0 Å². The highest BCUT2D eigenvalue weighted by Crippen LogP contribution is 2.35. The molecule has 1 atom stereocenters. The van der Waals surface area contributed by atoms with E-state index in [1.165, 1.54) is 0 Å². The number of benzene rings is 2. The van der Waals surface area contributed by atoms with Gasteiger partial charge in [-0.3, -0.25) is 4.79 Å². The Bertz CT molecular complexity index is 728. The first kappa shape index (κ1) is 12.9. The number of hydrogen-bond acceptors (Lipinski definition) is 3. The van der Waals surface area contributed by atoms with Gasteiger partial charge in [-0.25, -0.2) is 4.21 Å². The maximum atomic E-state index is 12.7. The van der Waals surface area contributed by atoms with E-state index in [0.717, 1.165) is 0 Å². The van der Waals surface area contributed by atoms with E-state index < -0.39 is 10.8 Å². The summed E-state index contributed by atoms with van der Waals surface area (Å²) in [5, 5.41) is 0. The van der Waals surface area contributed by atoms with Gasteiger partial charge in [0.15, 0.2) is 0 Å². The molecule has 0 bridgehead atoms. The van der Waals surface area contributed by atoms with Gasteiger partial charge in [-0.05, 0) is 37.3 Å². The van der Waals surface area contributed by atoms with Gasteiger partial charge in [0.05, 0.1) is 31.8 Å². The van der Waals surface area contributed by atoms with Crippen LogP contribution in [0.2, 0.25) is 0 Å². The summed E-state index contributed by atoms with van der Waals surface area (Å²) < 4.78 is 12.7. The van der Waals surface area contributed by atoms with Crippen LogP contribution in [0.3, 0.4) is 0 Å². The van der Waals surface area contributed by atoms with Gasteiger partial charge in [0, 0.05) is 12.2 Å². The molecular weight excluding hydrogens is 272 g/mol. The Labute approximate surface area is 119 Å². The number of nitrogen functional groups attached to an aromatic ring is 1. The molecule has 20 heavy (non-hydrogen) atoms. The molecule has 102 valence electrons. The van der Waals surface area contributed by atoms with Crippen LogP contribution < -0.4 is 10.6 Å². The Morgan fingerprint density at radius 3 is 2.65 bits per heavy atom. The van der Waals surface area contributed by atoms with E-state index in [2.05, 4.69) is 0 Å². The number of fused-ring (bicyclic) bond motifs is 2. The molecule has 1 amide bonds. The highest BCUT2D eigenvalue weighted by atomic mass is 32.2. The summed E-state index contributed by atoms with van der Waals surface area (Å²) in [6.07, 6.45) is 0. The smallest absolute Gasteiger partial charge is 0.259 e. The third kappa shape index (κ3) is 1.82. The minimum absolute atomic E-state index is 0.138. The molecule has 5 heteroatoms. The van der Waals surface area contributed by atoms with Crippen LogP contribution in [0.1, 0.15) is 17.3 Å². The summed E-state index contributed by atoms with van der Waals surface area (Å²) in [6.45, 7) is 2.39. The Morgan fingerprint density at radius 1 is 1.15 bits per heavy atom. The van der Waals surface area contributed by atoms with Crippen LogP contribution in [0.4, 0.5) is 11.4 Å². The van der Waals surface area contributed by atoms with Crippen molar-refractivity contribution < 1.29 is 9.00 Å². The molecule has 0 saturated heterocycles. The maximum absolute atomic E-state index is 12.7. The van der Waals surface area contributed by atoms with Crippen LogP contribution in [0, 0.1) is 0 Å². The lowest BCUT2D eigenvalue weighted by Gasteiger charge is -2.21. The minimum atomic E-state index is -1.38. The fourth-order valence-electron chi connectivity index (χ4n) is 2.39. The van der Waals surface area contributed by atoms with E-state index in [4.69, 9.17) is 5.73 Å². The lowest BCUT2D eigenvalue weighted by molar-refractivity contribution is 0.0985. The lowest BCUT2D eigenvalue weighted by Crippen LogP contribution is -2.30. The van der Waals surface area contributed by atoms with Crippen molar-refractivity contribution in [3.63, 3.8) is 0 Å². The van der Waals surface area contributed by atoms with Crippen LogP contribution in [-0.2, 0) is 10.8 Å². The van der Waals surface area contributed by atoms with Crippen LogP contribution in [0.5, 0.6) is 0 Å². The number of nitrogens with two attached hydrogens (primary N) is 1. The molecular formula is C15H14N2O2S. The summed E-state index contributed by atoms with van der Waals surface area (Å²) in [6, 6.07) is 12.2. The molecule has 0 fully saturated rings. The molecule has 0 radical (unpaired) electrons. The zero-order valence-electron chi connectivity index (χ0n) is 11.0. The molecule has 0 saturated carbocycles. The molecule has 1 unspecified atom stereocenters. The first-order valence-electron chi connectivity index (χ1n) is 6.35. The highest BCUT2D eigenvalue weighted by molar-refractivity contribution is 7.85. The number of anilines is 2. The van der Waals surface area contributed by atoms with Gasteiger partial charge in [-0.2, -0.15) is 0 Å². The Hall–Kier alpha value is -2.14. The standard InChI is InChI=1S/C15H14N2O2S/c1-2-17-12-9-10(16)7-8-14(12)20(19)13-6-4-3-5-11(13)15(17)18/h3-9H,2,16H2,1H3. The van der Waals surface area contributed by atoms with Crippen molar-refractivity contribution >= 4 is 28.1 Å². The number of nitrogens with zero attached hydrogens (tertiary/aromatic N) is 1. The monoisotopic (exact) mass is 286 g/mol. The van der Waals surface area contributed by atoms with Crippen molar-refractivity contribution in [3.8, 4) is 0 Å². The van der Waals surface area contributed by atoms with Gasteiger partial charge < -0.3 is 10.6 Å². The van der Waals surface area contributed by atoms with Crippen molar-refractivity contribution in [2.45, 2.75) is 16.7 Å². The van der Waals surface area contributed by atoms with Crippen LogP contribution in [0.25, 0.3) is 0 Å². The third-order valence-corrected chi connectivity index (χ3v) is 4.85. The van der Waals surface area contributed by atoms with Crippen molar-refractivity contribution in [1.29, 1.82) is 0 Å². The average Bonchev–Trinajstić information content (AvgIpc) is 2.55. The van der Waals surface area contributed by atoms with Gasteiger partial charge in [0.25, 0.3) is 5.91 Å². The second kappa shape index (κ2) is 4.76. The van der Waals surface area contributed by atoms with Crippen LogP contribution in [-0.4, -0.2) is 16.7 Å². The van der Waals surface area contributed by atoms with E-state index in [-0.39, 0.29) is 5.91 Å². The van der Waals surface area contributed by atoms with E-state index in [0.29, 0.717) is 33.3 Å². The highest BCUT2D eigenvalue weighted by Gasteiger charge is 2.29. The Balaban J connectivity index is 2.34. The minimum Gasteiger partial charge on any atom is -0.399 e. The SMILES string of the molecule is CCN1C(=O)c2ccccc2S(=O)c2ccc(N)cc21. The summed E-state index contributed by atoms with van der Waals surface area (Å²) in [7, 11) is -1.38. The van der Waals surface area contributed by atoms with E-state index >= 15 is 0 Å². The molecule has 0 aliphatic carbocycles. The number of hydrogen-bond donors (Lipinski definition) is 1. The van der Waals surface area contributed by atoms with Gasteiger partial charge in [-0.1, -0.05) is 12.1 Å². The van der Waals surface area contributed by atoms with Crippen molar-refractivity contribution in [1.82, 2.24) is 0 Å². The number of carbonyl (C=O) groups is 1. The number of amides is 1. The molecule has 0 aromatic heterocycles. The normalized spacial score (nSPS) is 17.4. The predicted molar refractivity (Wildman–Crippen MR) is 79.3 cm³/mol. The fourth-order valence-corrected chi connectivity index (χ4v) is 3.74. The quantitative estimate of drug-likeness (QED) is 0.819. The Morgan fingerprint density at radius 2 is 1.90 bits per heavy atom. The second-order valence-electron chi connectivity index (χ2n) is 4.54. The summed E-state index contributed by atoms with van der Waals surface area (Å²) in [4.78, 5) is 15.4. The Kier molecular flexibility index (Phi) is 3.06. The van der Waals surface area contributed by atoms with Gasteiger partial charge in [0.2, 0.25) is 0 Å². The molecule has 2 N–H and O–H groups in total. The molecule has 4 nitrogen and oxygen atoms in total. The largest absolute Gasteiger partial charge is 0.399 e. The first-order valence-corrected chi connectivity index (χ1v) is 7.50. The average molecular weight is 286 g/mol. The first-order chi connectivity index (χ1) is 9.63. The zero-order valence-corrected chi connectivity index (χ0v) is 11.8. The second-order valence-corrected chi connectivity index (χ2v) is 5.96. The molecule has 1 aliphatic rings. The molecule has 2 aromatic carbocycles. The van der Waals surface area contributed by atoms with Gasteiger partial charge in [0.1, 0.15) is 0 Å². The molecule has 3 rings (SSSR count). The number of carbonyl (C=O) groups excluding carboxylic acids is 1. The van der Waals surface area contributed by atoms with E-state index in [1.54, 1.807) is 47.4 Å². The molecule has 1 heterocycles. The fraction of sp³-hybridized carbons (Fsp3) is 0.133. The summed E-state index contributed by atoms with van der Waals surface area (Å²) in [5.74, 6) is -0.138. The summed E-state index contributed by atoms with van der Waals surface area (Å²) in [5.41, 5.74) is 7.48. The zero-order chi connectivity index (χ0) is 14.3.